The van der Waals surface area contributed by atoms with Gasteiger partial charge in [-0.15, -0.1) is 0 Å². The lowest BCUT2D eigenvalue weighted by molar-refractivity contribution is 0.148. The molecule has 0 amide bonds. The number of piperazine rings is 1. The summed E-state index contributed by atoms with van der Waals surface area (Å²) in [5, 5.41) is 3.25. The second-order valence-corrected chi connectivity index (χ2v) is 8.02. The topological polar surface area (TPSA) is 88.8 Å². The van der Waals surface area contributed by atoms with Crippen LogP contribution in [-0.4, -0.2) is 60.1 Å². The van der Waals surface area contributed by atoms with Crippen LogP contribution < -0.4 is 20.5 Å². The van der Waals surface area contributed by atoms with E-state index in [2.05, 4.69) is 50.3 Å². The van der Waals surface area contributed by atoms with Crippen LogP contribution in [0.25, 0.3) is 5.70 Å². The van der Waals surface area contributed by atoms with Crippen molar-refractivity contribution in [1.29, 1.82) is 0 Å². The van der Waals surface area contributed by atoms with Crippen LogP contribution in [0.1, 0.15) is 11.1 Å². The molecule has 0 unspecified atom stereocenters. The predicted molar refractivity (Wildman–Crippen MR) is 130 cm³/mol. The van der Waals surface area contributed by atoms with Gasteiger partial charge in [-0.1, -0.05) is 18.2 Å². The standard InChI is InChI=1S/C25H30N6O2/c1-30-11-13-31(14-12-30)18-19-5-3-6-20(15-19)22(26)17-29-21-7-8-23(32-2)24(16-21)33-25-27-9-4-10-28-25/h3-10,15-17,29H,11-14,18,26H2,1-2H3/b22-17-. The molecule has 33 heavy (non-hydrogen) atoms. The Bertz CT molecular complexity index is 1080. The Morgan fingerprint density at radius 2 is 1.82 bits per heavy atom. The molecule has 0 atom stereocenters. The van der Waals surface area contributed by atoms with Gasteiger partial charge in [0, 0.05) is 63.1 Å². The van der Waals surface area contributed by atoms with Crippen LogP contribution in [0.5, 0.6) is 17.5 Å². The summed E-state index contributed by atoms with van der Waals surface area (Å²) in [6.45, 7) is 5.32. The predicted octanol–water partition coefficient (Wildman–Crippen LogP) is 3.39. The van der Waals surface area contributed by atoms with Crippen LogP contribution in [0.15, 0.2) is 67.1 Å². The van der Waals surface area contributed by atoms with Gasteiger partial charge in [0.2, 0.25) is 0 Å². The Morgan fingerprint density at radius 3 is 2.58 bits per heavy atom. The number of hydrogen-bond donors (Lipinski definition) is 2. The summed E-state index contributed by atoms with van der Waals surface area (Å²) in [6, 6.07) is 15.9. The number of benzene rings is 2. The SMILES string of the molecule is COc1ccc(N/C=C(\N)c2cccc(CN3CCN(C)CC3)c2)cc1Oc1ncccn1. The van der Waals surface area contributed by atoms with Crippen molar-refractivity contribution in [2.75, 3.05) is 45.7 Å². The minimum atomic E-state index is 0.250. The molecule has 8 nitrogen and oxygen atoms in total. The smallest absolute Gasteiger partial charge is 0.321 e. The van der Waals surface area contributed by atoms with E-state index in [1.54, 1.807) is 31.8 Å². The van der Waals surface area contributed by atoms with Crippen molar-refractivity contribution in [1.82, 2.24) is 19.8 Å². The van der Waals surface area contributed by atoms with Gasteiger partial charge in [-0.2, -0.15) is 0 Å². The van der Waals surface area contributed by atoms with E-state index in [0.717, 1.165) is 44.0 Å². The maximum atomic E-state index is 6.38. The second kappa shape index (κ2) is 10.8. The maximum absolute atomic E-state index is 6.38. The fourth-order valence-electron chi connectivity index (χ4n) is 3.64. The van der Waals surface area contributed by atoms with Gasteiger partial charge < -0.3 is 25.4 Å². The fraction of sp³-hybridized carbons (Fsp3) is 0.280. The average molecular weight is 447 g/mol. The van der Waals surface area contributed by atoms with Crippen LogP contribution in [0.3, 0.4) is 0 Å². The molecule has 0 bridgehead atoms. The van der Waals surface area contributed by atoms with E-state index >= 15 is 0 Å². The Hall–Kier alpha value is -3.62. The summed E-state index contributed by atoms with van der Waals surface area (Å²) in [7, 11) is 3.76. The van der Waals surface area contributed by atoms with Gasteiger partial charge in [-0.05, 0) is 42.4 Å². The monoisotopic (exact) mass is 446 g/mol. The summed E-state index contributed by atoms with van der Waals surface area (Å²) in [4.78, 5) is 13.0. The Balaban J connectivity index is 1.44. The first-order chi connectivity index (χ1) is 16.1. The Morgan fingerprint density at radius 1 is 1.03 bits per heavy atom. The highest BCUT2D eigenvalue weighted by molar-refractivity contribution is 5.67. The number of aromatic nitrogens is 2. The maximum Gasteiger partial charge on any atom is 0.321 e. The van der Waals surface area contributed by atoms with E-state index in [1.807, 2.05) is 24.3 Å². The summed E-state index contributed by atoms with van der Waals surface area (Å²) in [6.07, 6.45) is 5.04. The first-order valence-electron chi connectivity index (χ1n) is 11.0. The minimum absolute atomic E-state index is 0.250. The Kier molecular flexibility index (Phi) is 7.39. The molecule has 3 N–H and O–H groups in total. The van der Waals surface area contributed by atoms with Gasteiger partial charge in [0.25, 0.3) is 0 Å². The molecule has 1 saturated heterocycles. The van der Waals surface area contributed by atoms with Gasteiger partial charge in [-0.25, -0.2) is 9.97 Å². The largest absolute Gasteiger partial charge is 0.493 e. The number of hydrogen-bond acceptors (Lipinski definition) is 8. The van der Waals surface area contributed by atoms with E-state index in [4.69, 9.17) is 15.2 Å². The number of methoxy groups -OCH3 is 1. The van der Waals surface area contributed by atoms with Crippen molar-refractivity contribution in [2.24, 2.45) is 5.73 Å². The zero-order valence-corrected chi connectivity index (χ0v) is 19.1. The molecule has 2 aromatic carbocycles. The highest BCUT2D eigenvalue weighted by Crippen LogP contribution is 2.32. The molecule has 3 aromatic rings. The van der Waals surface area contributed by atoms with Gasteiger partial charge in [0.05, 0.1) is 12.8 Å². The van der Waals surface area contributed by atoms with Crippen molar-refractivity contribution in [3.63, 3.8) is 0 Å². The quantitative estimate of drug-likeness (QED) is 0.544. The molecule has 0 saturated carbocycles. The van der Waals surface area contributed by atoms with Crippen LogP contribution in [0.2, 0.25) is 0 Å². The molecule has 0 aliphatic carbocycles. The summed E-state index contributed by atoms with van der Waals surface area (Å²) in [5.74, 6) is 1.09. The zero-order valence-electron chi connectivity index (χ0n) is 19.1. The molecule has 0 spiro atoms. The zero-order chi connectivity index (χ0) is 23.0. The van der Waals surface area contributed by atoms with Gasteiger partial charge in [-0.3, -0.25) is 4.90 Å². The summed E-state index contributed by atoms with van der Waals surface area (Å²) >= 11 is 0. The highest BCUT2D eigenvalue weighted by Gasteiger charge is 2.14. The number of rotatable bonds is 8. The molecule has 1 fully saturated rings. The lowest BCUT2D eigenvalue weighted by atomic mass is 10.1. The number of nitrogens with zero attached hydrogens (tertiary/aromatic N) is 4. The van der Waals surface area contributed by atoms with E-state index in [1.165, 1.54) is 5.56 Å². The molecular formula is C25H30N6O2. The number of ether oxygens (including phenoxy) is 2. The third kappa shape index (κ3) is 6.21. The summed E-state index contributed by atoms with van der Waals surface area (Å²) in [5.41, 5.74) is 10.1. The Labute approximate surface area is 194 Å². The normalized spacial score (nSPS) is 15.3. The third-order valence-corrected chi connectivity index (χ3v) is 5.56. The van der Waals surface area contributed by atoms with Gasteiger partial charge >= 0.3 is 6.01 Å². The van der Waals surface area contributed by atoms with E-state index in [-0.39, 0.29) is 6.01 Å². The molecule has 172 valence electrons. The molecular weight excluding hydrogens is 416 g/mol. The van der Waals surface area contributed by atoms with Gasteiger partial charge in [0.1, 0.15) is 0 Å². The van der Waals surface area contributed by atoms with E-state index in [9.17, 15) is 0 Å². The molecule has 1 aromatic heterocycles. The summed E-state index contributed by atoms with van der Waals surface area (Å²) < 4.78 is 11.2. The van der Waals surface area contributed by atoms with E-state index < -0.39 is 0 Å². The molecule has 1 aliphatic rings. The average Bonchev–Trinajstić information content (AvgIpc) is 2.85. The fourth-order valence-corrected chi connectivity index (χ4v) is 3.64. The molecule has 2 heterocycles. The van der Waals surface area contributed by atoms with Crippen molar-refractivity contribution < 1.29 is 9.47 Å². The lowest BCUT2D eigenvalue weighted by Crippen LogP contribution is -2.43. The second-order valence-electron chi connectivity index (χ2n) is 8.02. The van der Waals surface area contributed by atoms with Gasteiger partial charge in [0.15, 0.2) is 11.5 Å². The van der Waals surface area contributed by atoms with E-state index in [0.29, 0.717) is 17.2 Å². The first kappa shape index (κ1) is 22.6. The number of likely N-dealkylation sites (N-methyl/N-ethyl adjacent to an activating group) is 1. The lowest BCUT2D eigenvalue weighted by Gasteiger charge is -2.32. The first-order valence-corrected chi connectivity index (χ1v) is 11.0. The van der Waals surface area contributed by atoms with Crippen LogP contribution in [0, 0.1) is 0 Å². The van der Waals surface area contributed by atoms with Crippen LogP contribution in [-0.2, 0) is 6.54 Å². The highest BCUT2D eigenvalue weighted by atomic mass is 16.5. The molecule has 4 rings (SSSR count). The van der Waals surface area contributed by atoms with Crippen molar-refractivity contribution >= 4 is 11.4 Å². The molecule has 1 aliphatic heterocycles. The van der Waals surface area contributed by atoms with Crippen LogP contribution >= 0.6 is 0 Å². The number of nitrogens with two attached hydrogens (primary N) is 1. The number of nitrogens with one attached hydrogen (secondary N) is 1. The van der Waals surface area contributed by atoms with Crippen LogP contribution in [0.4, 0.5) is 5.69 Å². The third-order valence-electron chi connectivity index (χ3n) is 5.56. The van der Waals surface area contributed by atoms with Crippen molar-refractivity contribution in [3.05, 3.63) is 78.3 Å². The number of anilines is 1. The van der Waals surface area contributed by atoms with Crippen molar-refractivity contribution in [3.8, 4) is 17.5 Å². The molecule has 8 heteroatoms. The van der Waals surface area contributed by atoms with Crippen molar-refractivity contribution in [2.45, 2.75) is 6.54 Å². The minimum Gasteiger partial charge on any atom is -0.493 e. The molecule has 0 radical (unpaired) electrons.